The van der Waals surface area contributed by atoms with Gasteiger partial charge in [-0.15, -0.1) is 11.6 Å². The van der Waals surface area contributed by atoms with Crippen molar-refractivity contribution in [1.82, 2.24) is 9.55 Å². The van der Waals surface area contributed by atoms with Crippen LogP contribution in [-0.4, -0.2) is 9.55 Å². The van der Waals surface area contributed by atoms with Crippen LogP contribution < -0.4 is 0 Å². The molecule has 0 aliphatic carbocycles. The molecule has 0 amide bonds. The third kappa shape index (κ3) is 1.38. The fourth-order valence-electron chi connectivity index (χ4n) is 1.55. The number of imidazole rings is 1. The maximum Gasteiger partial charge on any atom is 0.127 e. The molecule has 1 unspecified atom stereocenters. The molecule has 2 aromatic rings. The van der Waals surface area contributed by atoms with Crippen molar-refractivity contribution in [3.8, 4) is 0 Å². The number of aryl methyl sites for hydroxylation is 1. The van der Waals surface area contributed by atoms with E-state index in [1.54, 1.807) is 6.07 Å². The van der Waals surface area contributed by atoms with Crippen molar-refractivity contribution in [3.05, 3.63) is 29.8 Å². The Morgan fingerprint density at radius 3 is 2.86 bits per heavy atom. The number of benzene rings is 1. The molecule has 0 saturated carbocycles. The zero-order chi connectivity index (χ0) is 10.3. The van der Waals surface area contributed by atoms with E-state index in [2.05, 4.69) is 4.98 Å². The fraction of sp³-hybridized carbons (Fsp3) is 0.300. The summed E-state index contributed by atoms with van der Waals surface area (Å²) in [5.74, 6) is 0.483. The van der Waals surface area contributed by atoms with E-state index in [0.717, 1.165) is 11.3 Å². The van der Waals surface area contributed by atoms with Gasteiger partial charge >= 0.3 is 0 Å². The van der Waals surface area contributed by atoms with Crippen LogP contribution >= 0.6 is 11.6 Å². The highest BCUT2D eigenvalue weighted by Gasteiger charge is 2.12. The van der Waals surface area contributed by atoms with E-state index >= 15 is 0 Å². The first-order chi connectivity index (χ1) is 6.59. The van der Waals surface area contributed by atoms with Crippen LogP contribution in [0.1, 0.15) is 18.1 Å². The standard InChI is InChI=1S/C10H10ClFN2/c1-6(11)10-13-8-5-7(12)3-4-9(8)14(10)2/h3-6H,1-2H3. The number of fused-ring (bicyclic) bond motifs is 1. The molecule has 14 heavy (non-hydrogen) atoms. The van der Waals surface area contributed by atoms with Crippen molar-refractivity contribution in [2.75, 3.05) is 0 Å². The lowest BCUT2D eigenvalue weighted by Gasteiger charge is -2.02. The fourth-order valence-corrected chi connectivity index (χ4v) is 1.74. The lowest BCUT2D eigenvalue weighted by molar-refractivity contribution is 0.629. The van der Waals surface area contributed by atoms with E-state index in [1.807, 2.05) is 18.5 Å². The third-order valence-electron chi connectivity index (χ3n) is 2.23. The molecule has 0 fully saturated rings. The second-order valence-electron chi connectivity index (χ2n) is 3.28. The minimum Gasteiger partial charge on any atom is -0.330 e. The molecule has 0 bridgehead atoms. The molecule has 0 saturated heterocycles. The average molecular weight is 213 g/mol. The summed E-state index contributed by atoms with van der Waals surface area (Å²) in [6.45, 7) is 1.85. The molecule has 2 rings (SSSR count). The van der Waals surface area contributed by atoms with Crippen molar-refractivity contribution in [2.24, 2.45) is 7.05 Å². The Labute approximate surface area is 86.3 Å². The van der Waals surface area contributed by atoms with E-state index in [0.29, 0.717) is 5.52 Å². The van der Waals surface area contributed by atoms with Gasteiger partial charge in [0.25, 0.3) is 0 Å². The maximum absolute atomic E-state index is 12.9. The van der Waals surface area contributed by atoms with Crippen LogP contribution in [0.3, 0.4) is 0 Å². The highest BCUT2D eigenvalue weighted by molar-refractivity contribution is 6.20. The topological polar surface area (TPSA) is 17.8 Å². The van der Waals surface area contributed by atoms with Gasteiger partial charge in [-0.2, -0.15) is 0 Å². The van der Waals surface area contributed by atoms with Crippen LogP contribution in [-0.2, 0) is 7.05 Å². The molecule has 74 valence electrons. The molecule has 4 heteroatoms. The van der Waals surface area contributed by atoms with Gasteiger partial charge in [-0.05, 0) is 19.1 Å². The number of hydrogen-bond donors (Lipinski definition) is 0. The Balaban J connectivity index is 2.73. The highest BCUT2D eigenvalue weighted by Crippen LogP contribution is 2.23. The first-order valence-corrected chi connectivity index (χ1v) is 4.79. The van der Waals surface area contributed by atoms with Crippen molar-refractivity contribution in [2.45, 2.75) is 12.3 Å². The molecule has 1 heterocycles. The molecule has 1 aromatic heterocycles. The molecule has 0 N–H and O–H groups in total. The summed E-state index contributed by atoms with van der Waals surface area (Å²) in [6.07, 6.45) is 0. The Bertz CT molecular complexity index is 476. The van der Waals surface area contributed by atoms with Gasteiger partial charge in [0.05, 0.1) is 16.4 Å². The molecule has 2 nitrogen and oxygen atoms in total. The Kier molecular flexibility index (Phi) is 2.19. The zero-order valence-electron chi connectivity index (χ0n) is 7.96. The van der Waals surface area contributed by atoms with Crippen LogP contribution in [0.4, 0.5) is 4.39 Å². The van der Waals surface area contributed by atoms with E-state index in [4.69, 9.17) is 11.6 Å². The number of aromatic nitrogens is 2. The van der Waals surface area contributed by atoms with Crippen LogP contribution in [0, 0.1) is 5.82 Å². The van der Waals surface area contributed by atoms with Gasteiger partial charge < -0.3 is 4.57 Å². The molecular weight excluding hydrogens is 203 g/mol. The predicted octanol–water partition coefficient (Wildman–Crippen LogP) is 3.01. The van der Waals surface area contributed by atoms with Gasteiger partial charge in [0.1, 0.15) is 11.6 Å². The van der Waals surface area contributed by atoms with Gasteiger partial charge in [-0.25, -0.2) is 9.37 Å². The average Bonchev–Trinajstić information content (AvgIpc) is 2.43. The van der Waals surface area contributed by atoms with E-state index in [-0.39, 0.29) is 11.2 Å². The van der Waals surface area contributed by atoms with E-state index in [9.17, 15) is 4.39 Å². The smallest absolute Gasteiger partial charge is 0.127 e. The van der Waals surface area contributed by atoms with Gasteiger partial charge in [-0.1, -0.05) is 0 Å². The predicted molar refractivity (Wildman–Crippen MR) is 54.9 cm³/mol. The number of halogens is 2. The second-order valence-corrected chi connectivity index (χ2v) is 3.93. The molecule has 0 aliphatic heterocycles. The number of rotatable bonds is 1. The summed E-state index contributed by atoms with van der Waals surface area (Å²) < 4.78 is 14.8. The summed E-state index contributed by atoms with van der Waals surface area (Å²) in [5, 5.41) is -0.171. The number of hydrogen-bond acceptors (Lipinski definition) is 1. The zero-order valence-corrected chi connectivity index (χ0v) is 8.72. The first-order valence-electron chi connectivity index (χ1n) is 4.35. The van der Waals surface area contributed by atoms with Crippen molar-refractivity contribution in [1.29, 1.82) is 0 Å². The quantitative estimate of drug-likeness (QED) is 0.665. The molecule has 0 radical (unpaired) electrons. The van der Waals surface area contributed by atoms with Crippen LogP contribution in [0.15, 0.2) is 18.2 Å². The Morgan fingerprint density at radius 1 is 1.50 bits per heavy atom. The van der Waals surface area contributed by atoms with Gasteiger partial charge in [-0.3, -0.25) is 0 Å². The lowest BCUT2D eigenvalue weighted by Crippen LogP contribution is -1.97. The monoisotopic (exact) mass is 212 g/mol. The summed E-state index contributed by atoms with van der Waals surface area (Å²) in [6, 6.07) is 4.55. The van der Waals surface area contributed by atoms with Crippen molar-refractivity contribution < 1.29 is 4.39 Å². The Morgan fingerprint density at radius 2 is 2.21 bits per heavy atom. The highest BCUT2D eigenvalue weighted by atomic mass is 35.5. The SMILES string of the molecule is CC(Cl)c1nc2cc(F)ccc2n1C. The van der Waals surface area contributed by atoms with Gasteiger partial charge in [0.2, 0.25) is 0 Å². The minimum atomic E-state index is -0.274. The number of alkyl halides is 1. The normalized spacial score (nSPS) is 13.4. The lowest BCUT2D eigenvalue weighted by atomic mass is 10.3. The summed E-state index contributed by atoms with van der Waals surface area (Å²) in [7, 11) is 1.88. The Hall–Kier alpha value is -1.09. The summed E-state index contributed by atoms with van der Waals surface area (Å²) in [4.78, 5) is 4.26. The maximum atomic E-state index is 12.9. The van der Waals surface area contributed by atoms with Crippen LogP contribution in [0.5, 0.6) is 0 Å². The van der Waals surface area contributed by atoms with Gasteiger partial charge in [0, 0.05) is 13.1 Å². The molecule has 1 aromatic carbocycles. The molecule has 0 spiro atoms. The van der Waals surface area contributed by atoms with Crippen LogP contribution in [0.2, 0.25) is 0 Å². The molecule has 0 aliphatic rings. The molecular formula is C10H10ClFN2. The summed E-state index contributed by atoms with van der Waals surface area (Å²) in [5.41, 5.74) is 1.55. The van der Waals surface area contributed by atoms with Crippen molar-refractivity contribution in [3.63, 3.8) is 0 Å². The third-order valence-corrected chi connectivity index (χ3v) is 2.43. The van der Waals surface area contributed by atoms with Crippen molar-refractivity contribution >= 4 is 22.6 Å². The minimum absolute atomic E-state index is 0.171. The number of nitrogens with zero attached hydrogens (tertiary/aromatic N) is 2. The van der Waals surface area contributed by atoms with E-state index < -0.39 is 0 Å². The summed E-state index contributed by atoms with van der Waals surface area (Å²) >= 11 is 5.94. The van der Waals surface area contributed by atoms with Crippen LogP contribution in [0.25, 0.3) is 11.0 Å². The van der Waals surface area contributed by atoms with Gasteiger partial charge in [0.15, 0.2) is 0 Å². The largest absolute Gasteiger partial charge is 0.330 e. The van der Waals surface area contributed by atoms with E-state index in [1.165, 1.54) is 12.1 Å². The second kappa shape index (κ2) is 3.24. The first kappa shape index (κ1) is 9.46. The molecule has 1 atom stereocenters.